The molecule has 7 heteroatoms. The largest absolute Gasteiger partial charge is 0.497 e. The molecule has 1 unspecified atom stereocenters. The number of likely N-dealkylation sites (tertiary alicyclic amines) is 1. The first-order valence-corrected chi connectivity index (χ1v) is 9.64. The van der Waals surface area contributed by atoms with Crippen LogP contribution in [0.15, 0.2) is 34.9 Å². The topological polar surface area (TPSA) is 92.9 Å². The second-order valence-corrected chi connectivity index (χ2v) is 7.13. The number of aromatic nitrogens is 1. The molecule has 1 atom stereocenters. The molecule has 3 rings (SSSR count). The fraction of sp³-hybridized carbons (Fsp3) is 0.476. The predicted octanol–water partition coefficient (Wildman–Crippen LogP) is 3.39. The van der Waals surface area contributed by atoms with Gasteiger partial charge in [0.25, 0.3) is 0 Å². The minimum absolute atomic E-state index is 0.0734. The predicted molar refractivity (Wildman–Crippen MR) is 103 cm³/mol. The Balaban J connectivity index is 1.50. The van der Waals surface area contributed by atoms with Crippen molar-refractivity contribution in [2.45, 2.75) is 38.5 Å². The van der Waals surface area contributed by atoms with Crippen molar-refractivity contribution < 1.29 is 23.8 Å². The summed E-state index contributed by atoms with van der Waals surface area (Å²) in [6.45, 7) is 1.39. The van der Waals surface area contributed by atoms with E-state index in [0.29, 0.717) is 37.5 Å². The Kier molecular flexibility index (Phi) is 6.68. The van der Waals surface area contributed by atoms with E-state index in [1.807, 2.05) is 29.2 Å². The lowest BCUT2D eigenvalue weighted by Crippen LogP contribution is -2.40. The summed E-state index contributed by atoms with van der Waals surface area (Å²) in [5.74, 6) is 1.55. The number of oxazole rings is 1. The lowest BCUT2D eigenvalue weighted by atomic mass is 9.93. The highest BCUT2D eigenvalue weighted by molar-refractivity contribution is 5.76. The van der Waals surface area contributed by atoms with Gasteiger partial charge in [0.15, 0.2) is 11.7 Å². The van der Waals surface area contributed by atoms with E-state index in [4.69, 9.17) is 14.3 Å². The zero-order valence-corrected chi connectivity index (χ0v) is 16.1. The number of carboxylic acids is 1. The summed E-state index contributed by atoms with van der Waals surface area (Å²) in [5.41, 5.74) is 0.906. The number of benzene rings is 1. The number of aliphatic carboxylic acids is 1. The molecule has 1 amide bonds. The Hall–Kier alpha value is -2.83. The highest BCUT2D eigenvalue weighted by Crippen LogP contribution is 2.24. The van der Waals surface area contributed by atoms with Crippen LogP contribution in [0.5, 0.6) is 5.75 Å². The molecule has 1 aromatic heterocycles. The van der Waals surface area contributed by atoms with Crippen molar-refractivity contribution in [3.05, 3.63) is 36.4 Å². The van der Waals surface area contributed by atoms with Crippen LogP contribution in [0.4, 0.5) is 0 Å². The SMILES string of the molecule is COc1ccc(-c2cnc(CCC(=O)N3CCCC(CCC(=O)O)C3)o2)cc1. The lowest BCUT2D eigenvalue weighted by Gasteiger charge is -2.32. The molecule has 28 heavy (non-hydrogen) atoms. The van der Waals surface area contributed by atoms with Gasteiger partial charge in [-0.15, -0.1) is 0 Å². The van der Waals surface area contributed by atoms with Gasteiger partial charge in [-0.05, 0) is 49.4 Å². The maximum absolute atomic E-state index is 12.5. The number of nitrogens with zero attached hydrogens (tertiary/aromatic N) is 2. The van der Waals surface area contributed by atoms with E-state index in [1.165, 1.54) is 0 Å². The molecule has 1 aromatic carbocycles. The zero-order chi connectivity index (χ0) is 19.9. The molecule has 2 heterocycles. The molecule has 1 aliphatic rings. The summed E-state index contributed by atoms with van der Waals surface area (Å²) in [6, 6.07) is 7.52. The molecule has 0 spiro atoms. The molecular formula is C21H26N2O5. The third-order valence-corrected chi connectivity index (χ3v) is 5.12. The van der Waals surface area contributed by atoms with Crippen LogP contribution in [0.1, 0.15) is 38.0 Å². The molecule has 150 valence electrons. The quantitative estimate of drug-likeness (QED) is 0.748. The molecule has 1 saturated heterocycles. The van der Waals surface area contributed by atoms with E-state index < -0.39 is 5.97 Å². The van der Waals surface area contributed by atoms with E-state index in [2.05, 4.69) is 4.98 Å². The fourth-order valence-corrected chi connectivity index (χ4v) is 3.54. The van der Waals surface area contributed by atoms with Gasteiger partial charge in [-0.25, -0.2) is 4.98 Å². The molecule has 7 nitrogen and oxygen atoms in total. The van der Waals surface area contributed by atoms with E-state index in [1.54, 1.807) is 13.3 Å². The van der Waals surface area contributed by atoms with Crippen molar-refractivity contribution in [1.29, 1.82) is 0 Å². The average Bonchev–Trinajstić information content (AvgIpc) is 3.20. The number of carbonyl (C=O) groups is 2. The molecule has 1 aliphatic heterocycles. The van der Waals surface area contributed by atoms with Crippen LogP contribution < -0.4 is 4.74 Å². The van der Waals surface area contributed by atoms with Gasteiger partial charge in [0.05, 0.1) is 13.3 Å². The number of aryl methyl sites for hydroxylation is 1. The number of methoxy groups -OCH3 is 1. The van der Waals surface area contributed by atoms with Gasteiger partial charge in [0.1, 0.15) is 5.75 Å². The number of amides is 1. The van der Waals surface area contributed by atoms with Crippen molar-refractivity contribution in [3.63, 3.8) is 0 Å². The Bertz CT molecular complexity index is 799. The maximum atomic E-state index is 12.5. The number of carboxylic acid groups (broad SMARTS) is 1. The van der Waals surface area contributed by atoms with Gasteiger partial charge in [-0.2, -0.15) is 0 Å². The highest BCUT2D eigenvalue weighted by atomic mass is 16.5. The average molecular weight is 386 g/mol. The normalized spacial score (nSPS) is 16.8. The minimum Gasteiger partial charge on any atom is -0.497 e. The van der Waals surface area contributed by atoms with Gasteiger partial charge < -0.3 is 19.2 Å². The Morgan fingerprint density at radius 1 is 1.29 bits per heavy atom. The number of ether oxygens (including phenoxy) is 1. The Labute approximate surface area is 164 Å². The smallest absolute Gasteiger partial charge is 0.303 e. The van der Waals surface area contributed by atoms with Crippen molar-refractivity contribution in [2.24, 2.45) is 5.92 Å². The van der Waals surface area contributed by atoms with E-state index in [9.17, 15) is 9.59 Å². The second-order valence-electron chi connectivity index (χ2n) is 7.13. The van der Waals surface area contributed by atoms with Gasteiger partial charge in [0, 0.05) is 37.9 Å². The zero-order valence-electron chi connectivity index (χ0n) is 16.1. The minimum atomic E-state index is -0.778. The summed E-state index contributed by atoms with van der Waals surface area (Å²) >= 11 is 0. The van der Waals surface area contributed by atoms with Crippen LogP contribution in [0.3, 0.4) is 0 Å². The van der Waals surface area contributed by atoms with Gasteiger partial charge in [0.2, 0.25) is 5.91 Å². The first kappa shape index (κ1) is 19.9. The lowest BCUT2D eigenvalue weighted by molar-refractivity contribution is -0.137. The summed E-state index contributed by atoms with van der Waals surface area (Å²) in [4.78, 5) is 29.4. The first-order chi connectivity index (χ1) is 13.5. The second kappa shape index (κ2) is 9.39. The van der Waals surface area contributed by atoms with Crippen LogP contribution in [0, 0.1) is 5.92 Å². The van der Waals surface area contributed by atoms with Crippen LogP contribution in [0.2, 0.25) is 0 Å². The third-order valence-electron chi connectivity index (χ3n) is 5.12. The molecule has 0 bridgehead atoms. The van der Waals surface area contributed by atoms with Crippen molar-refractivity contribution >= 4 is 11.9 Å². The molecule has 1 fully saturated rings. The van der Waals surface area contributed by atoms with E-state index in [0.717, 1.165) is 30.7 Å². The van der Waals surface area contributed by atoms with Crippen molar-refractivity contribution in [1.82, 2.24) is 9.88 Å². The molecular weight excluding hydrogens is 360 g/mol. The highest BCUT2D eigenvalue weighted by Gasteiger charge is 2.24. The Morgan fingerprint density at radius 3 is 2.79 bits per heavy atom. The maximum Gasteiger partial charge on any atom is 0.303 e. The summed E-state index contributed by atoms with van der Waals surface area (Å²) in [6.07, 6.45) is 5.17. The first-order valence-electron chi connectivity index (χ1n) is 9.64. The van der Waals surface area contributed by atoms with Gasteiger partial charge >= 0.3 is 5.97 Å². The number of carbonyl (C=O) groups excluding carboxylic acids is 1. The standard InChI is InChI=1S/C21H26N2O5/c1-27-17-7-5-16(6-8-17)18-13-22-19(28-18)9-10-20(24)23-12-2-3-15(14-23)4-11-21(25)26/h5-8,13,15H,2-4,9-12,14H2,1H3,(H,25,26). The van der Waals surface area contributed by atoms with Crippen molar-refractivity contribution in [2.75, 3.05) is 20.2 Å². The van der Waals surface area contributed by atoms with Crippen LogP contribution in [-0.4, -0.2) is 47.1 Å². The summed E-state index contributed by atoms with van der Waals surface area (Å²) in [7, 11) is 1.62. The molecule has 2 aromatic rings. The molecule has 0 aliphatic carbocycles. The third kappa shape index (κ3) is 5.34. The van der Waals surface area contributed by atoms with E-state index in [-0.39, 0.29) is 18.2 Å². The van der Waals surface area contributed by atoms with E-state index >= 15 is 0 Å². The number of rotatable bonds is 8. The molecule has 0 saturated carbocycles. The molecule has 1 N–H and O–H groups in total. The summed E-state index contributed by atoms with van der Waals surface area (Å²) in [5, 5.41) is 8.84. The van der Waals surface area contributed by atoms with Crippen LogP contribution in [-0.2, 0) is 16.0 Å². The monoisotopic (exact) mass is 386 g/mol. The molecule has 0 radical (unpaired) electrons. The summed E-state index contributed by atoms with van der Waals surface area (Å²) < 4.78 is 10.9. The number of hydrogen-bond acceptors (Lipinski definition) is 5. The number of piperidine rings is 1. The fourth-order valence-electron chi connectivity index (χ4n) is 3.54. The van der Waals surface area contributed by atoms with Crippen LogP contribution >= 0.6 is 0 Å². The van der Waals surface area contributed by atoms with Crippen LogP contribution in [0.25, 0.3) is 11.3 Å². The number of hydrogen-bond donors (Lipinski definition) is 1. The Morgan fingerprint density at radius 2 is 2.07 bits per heavy atom. The van der Waals surface area contributed by atoms with Gasteiger partial charge in [-0.3, -0.25) is 9.59 Å². The van der Waals surface area contributed by atoms with Gasteiger partial charge in [-0.1, -0.05) is 0 Å². The van der Waals surface area contributed by atoms with Crippen molar-refractivity contribution in [3.8, 4) is 17.1 Å².